The van der Waals surface area contributed by atoms with Gasteiger partial charge in [-0.15, -0.1) is 0 Å². The zero-order chi connectivity index (χ0) is 5.98. The van der Waals surface area contributed by atoms with Gasteiger partial charge in [0.2, 0.25) is 6.36 Å². The van der Waals surface area contributed by atoms with E-state index in [1.165, 1.54) is 0 Å². The predicted octanol–water partition coefficient (Wildman–Crippen LogP) is 1.90. The normalized spacial score (nSPS) is 39.8. The van der Waals surface area contributed by atoms with E-state index in [2.05, 4.69) is 22.6 Å². The molecule has 1 aliphatic heterocycles. The Hall–Kier alpha value is 0.620. The van der Waals surface area contributed by atoms with E-state index in [0.717, 1.165) is 12.8 Å². The molecule has 0 aromatic rings. The average molecular weight is 230 g/mol. The molecule has 0 aromatic carbocycles. The van der Waals surface area contributed by atoms with Crippen LogP contribution in [0, 0.1) is 0 Å². The fourth-order valence-electron chi connectivity index (χ4n) is 0.710. The molecule has 0 aliphatic carbocycles. The molecule has 1 nitrogen and oxygen atoms in total. The van der Waals surface area contributed by atoms with Crippen molar-refractivity contribution >= 4 is 22.6 Å². The Labute approximate surface area is 61.7 Å². The smallest absolute Gasteiger partial charge is 0.210 e. The third-order valence-electron chi connectivity index (χ3n) is 1.19. The van der Waals surface area contributed by atoms with Gasteiger partial charge in [-0.2, -0.15) is 0 Å². The maximum absolute atomic E-state index is 12.3. The van der Waals surface area contributed by atoms with Gasteiger partial charge in [-0.1, -0.05) is 22.6 Å². The lowest BCUT2D eigenvalue weighted by Gasteiger charge is -2.20. The summed E-state index contributed by atoms with van der Waals surface area (Å²) in [6.07, 6.45) is 0.958. The van der Waals surface area contributed by atoms with Crippen molar-refractivity contribution in [2.45, 2.75) is 23.1 Å². The summed E-state index contributed by atoms with van der Waals surface area (Å²) in [7, 11) is 0. The van der Waals surface area contributed by atoms with Gasteiger partial charge >= 0.3 is 0 Å². The Bertz CT molecular complexity index is 68.8. The van der Waals surface area contributed by atoms with Gasteiger partial charge in [-0.05, 0) is 12.8 Å². The number of halogens is 2. The van der Waals surface area contributed by atoms with Crippen LogP contribution >= 0.6 is 22.6 Å². The molecule has 0 aromatic heterocycles. The zero-order valence-electron chi connectivity index (χ0n) is 4.44. The van der Waals surface area contributed by atoms with Crippen molar-refractivity contribution < 1.29 is 9.13 Å². The Balaban J connectivity index is 2.28. The molecular formula is C5H8FIO. The molecule has 1 rings (SSSR count). The summed E-state index contributed by atoms with van der Waals surface area (Å²) in [4.78, 5) is 0. The van der Waals surface area contributed by atoms with Crippen LogP contribution in [0.1, 0.15) is 12.8 Å². The molecule has 3 heteroatoms. The molecule has 0 amide bonds. The highest BCUT2D eigenvalue weighted by Gasteiger charge is 2.21. The van der Waals surface area contributed by atoms with Crippen LogP contribution in [0.3, 0.4) is 0 Å². The Morgan fingerprint density at radius 2 is 2.38 bits per heavy atom. The van der Waals surface area contributed by atoms with Crippen molar-refractivity contribution in [3.63, 3.8) is 0 Å². The highest BCUT2D eigenvalue weighted by molar-refractivity contribution is 14.1. The second kappa shape index (κ2) is 2.96. The van der Waals surface area contributed by atoms with Gasteiger partial charge in [0.1, 0.15) is 0 Å². The van der Waals surface area contributed by atoms with E-state index in [-0.39, 0.29) is 3.92 Å². The van der Waals surface area contributed by atoms with E-state index in [1.807, 2.05) is 0 Å². The van der Waals surface area contributed by atoms with Crippen molar-refractivity contribution in [3.8, 4) is 0 Å². The first-order valence-electron chi connectivity index (χ1n) is 2.70. The van der Waals surface area contributed by atoms with Crippen LogP contribution < -0.4 is 0 Å². The molecule has 1 heterocycles. The molecule has 8 heavy (non-hydrogen) atoms. The lowest BCUT2D eigenvalue weighted by atomic mass is 10.2. The molecule has 2 unspecified atom stereocenters. The van der Waals surface area contributed by atoms with Gasteiger partial charge in [-0.3, -0.25) is 0 Å². The Kier molecular flexibility index (Phi) is 2.49. The number of hydrogen-bond donors (Lipinski definition) is 0. The van der Waals surface area contributed by atoms with Gasteiger partial charge in [0.25, 0.3) is 0 Å². The van der Waals surface area contributed by atoms with Gasteiger partial charge < -0.3 is 4.74 Å². The van der Waals surface area contributed by atoms with E-state index < -0.39 is 6.36 Å². The molecule has 0 radical (unpaired) electrons. The Morgan fingerprint density at radius 3 is 2.75 bits per heavy atom. The summed E-state index contributed by atoms with van der Waals surface area (Å²) in [5.74, 6) is 0. The number of ether oxygens (including phenoxy) is 1. The minimum absolute atomic E-state index is 0.0846. The van der Waals surface area contributed by atoms with Crippen molar-refractivity contribution in [3.05, 3.63) is 0 Å². The van der Waals surface area contributed by atoms with E-state index in [1.54, 1.807) is 0 Å². The minimum Gasteiger partial charge on any atom is -0.347 e. The third kappa shape index (κ3) is 1.55. The topological polar surface area (TPSA) is 9.23 Å². The summed E-state index contributed by atoms with van der Waals surface area (Å²) in [6.45, 7) is 0.598. The highest BCUT2D eigenvalue weighted by Crippen LogP contribution is 2.21. The standard InChI is InChI=1S/C5H8FIO/c6-5-4(7)2-1-3-8-5/h4-5H,1-3H2. The highest BCUT2D eigenvalue weighted by atomic mass is 127. The van der Waals surface area contributed by atoms with E-state index in [0.29, 0.717) is 6.61 Å². The maximum Gasteiger partial charge on any atom is 0.210 e. The summed E-state index contributed by atoms with van der Waals surface area (Å²) < 4.78 is 17.1. The van der Waals surface area contributed by atoms with Crippen LogP contribution in [0.2, 0.25) is 0 Å². The van der Waals surface area contributed by atoms with Crippen LogP contribution in [0.5, 0.6) is 0 Å². The fourth-order valence-corrected chi connectivity index (χ4v) is 1.36. The summed E-state index contributed by atoms with van der Waals surface area (Å²) in [5, 5.41) is 0. The van der Waals surface area contributed by atoms with Gasteiger partial charge in [0.15, 0.2) is 0 Å². The molecule has 1 aliphatic rings. The summed E-state index contributed by atoms with van der Waals surface area (Å²) >= 11 is 2.08. The first kappa shape index (κ1) is 6.74. The monoisotopic (exact) mass is 230 g/mol. The summed E-state index contributed by atoms with van der Waals surface area (Å²) in [6, 6.07) is 0. The van der Waals surface area contributed by atoms with E-state index in [9.17, 15) is 4.39 Å². The molecule has 1 fully saturated rings. The van der Waals surface area contributed by atoms with Crippen LogP contribution in [0.25, 0.3) is 0 Å². The van der Waals surface area contributed by atoms with Crippen molar-refractivity contribution in [2.24, 2.45) is 0 Å². The maximum atomic E-state index is 12.3. The zero-order valence-corrected chi connectivity index (χ0v) is 6.60. The fraction of sp³-hybridized carbons (Fsp3) is 1.00. The molecule has 0 spiro atoms. The van der Waals surface area contributed by atoms with Crippen LogP contribution in [0.4, 0.5) is 4.39 Å². The SMILES string of the molecule is FC1OCCCC1I. The molecule has 48 valence electrons. The number of rotatable bonds is 0. The first-order chi connectivity index (χ1) is 3.80. The summed E-state index contributed by atoms with van der Waals surface area (Å²) in [5.41, 5.74) is 0. The molecule has 0 N–H and O–H groups in total. The quantitative estimate of drug-likeness (QED) is 0.456. The largest absolute Gasteiger partial charge is 0.347 e. The molecule has 0 saturated carbocycles. The number of hydrogen-bond acceptors (Lipinski definition) is 1. The lowest BCUT2D eigenvalue weighted by Crippen LogP contribution is -2.25. The molecular weight excluding hydrogens is 222 g/mol. The van der Waals surface area contributed by atoms with E-state index in [4.69, 9.17) is 4.74 Å². The average Bonchev–Trinajstić information content (AvgIpc) is 1.77. The van der Waals surface area contributed by atoms with Crippen molar-refractivity contribution in [1.29, 1.82) is 0 Å². The second-order valence-corrected chi connectivity index (χ2v) is 3.48. The lowest BCUT2D eigenvalue weighted by molar-refractivity contribution is -0.0591. The van der Waals surface area contributed by atoms with Gasteiger partial charge in [0, 0.05) is 0 Å². The van der Waals surface area contributed by atoms with Gasteiger partial charge in [-0.25, -0.2) is 4.39 Å². The van der Waals surface area contributed by atoms with Crippen molar-refractivity contribution in [2.75, 3.05) is 6.61 Å². The molecule has 1 saturated heterocycles. The third-order valence-corrected chi connectivity index (χ3v) is 2.37. The van der Waals surface area contributed by atoms with Gasteiger partial charge in [0.05, 0.1) is 10.5 Å². The minimum atomic E-state index is -1.01. The van der Waals surface area contributed by atoms with Crippen LogP contribution in [-0.4, -0.2) is 16.9 Å². The first-order valence-corrected chi connectivity index (χ1v) is 3.95. The number of alkyl halides is 2. The van der Waals surface area contributed by atoms with Crippen molar-refractivity contribution in [1.82, 2.24) is 0 Å². The predicted molar refractivity (Wildman–Crippen MR) is 37.9 cm³/mol. The Morgan fingerprint density at radius 1 is 1.62 bits per heavy atom. The van der Waals surface area contributed by atoms with Crippen LogP contribution in [0.15, 0.2) is 0 Å². The molecule has 2 atom stereocenters. The second-order valence-electron chi connectivity index (χ2n) is 1.88. The van der Waals surface area contributed by atoms with Crippen LogP contribution in [-0.2, 0) is 4.74 Å². The van der Waals surface area contributed by atoms with E-state index >= 15 is 0 Å². The molecule has 0 bridgehead atoms.